The summed E-state index contributed by atoms with van der Waals surface area (Å²) in [4.78, 5) is 31.5. The van der Waals surface area contributed by atoms with E-state index in [1.165, 1.54) is 0 Å². The van der Waals surface area contributed by atoms with Gasteiger partial charge in [-0.2, -0.15) is 0 Å². The van der Waals surface area contributed by atoms with Crippen LogP contribution in [0.5, 0.6) is 0 Å². The number of piperidine rings is 1. The van der Waals surface area contributed by atoms with Crippen molar-refractivity contribution in [1.82, 2.24) is 9.88 Å². The molecule has 1 amide bonds. The first-order valence-corrected chi connectivity index (χ1v) is 10.3. The number of Topliss-reactive ketones (excluding diaryl/α,β-unsaturated/α-hetero) is 1. The van der Waals surface area contributed by atoms with Gasteiger partial charge in [-0.3, -0.25) is 14.6 Å². The fourth-order valence-corrected chi connectivity index (χ4v) is 4.12. The molecular weight excluding hydrogens is 364 g/mol. The van der Waals surface area contributed by atoms with E-state index in [0.717, 1.165) is 42.6 Å². The number of rotatable bonds is 6. The second kappa shape index (κ2) is 9.14. The minimum absolute atomic E-state index is 0.0107. The lowest BCUT2D eigenvalue weighted by Gasteiger charge is -2.33. The Hall–Kier alpha value is -2.79. The summed E-state index contributed by atoms with van der Waals surface area (Å²) in [7, 11) is 0. The average molecular weight is 390 g/mol. The van der Waals surface area contributed by atoms with Crippen LogP contribution >= 0.6 is 0 Å². The summed E-state index contributed by atoms with van der Waals surface area (Å²) in [6.07, 6.45) is 5.04. The van der Waals surface area contributed by atoms with Crippen molar-refractivity contribution in [2.75, 3.05) is 13.1 Å². The molecule has 29 heavy (non-hydrogen) atoms. The van der Waals surface area contributed by atoms with Crippen molar-refractivity contribution < 1.29 is 14.3 Å². The molecule has 150 valence electrons. The number of hydrogen-bond acceptors (Lipinski definition) is 4. The predicted octanol–water partition coefficient (Wildman–Crippen LogP) is 3.80. The maximum atomic E-state index is 13.0. The number of nitrogens with zero attached hydrogens (tertiary/aromatic N) is 2. The van der Waals surface area contributed by atoms with Crippen LogP contribution in [0.3, 0.4) is 0 Å². The van der Waals surface area contributed by atoms with E-state index in [0.29, 0.717) is 25.1 Å². The Morgan fingerprint density at radius 1 is 1.10 bits per heavy atom. The van der Waals surface area contributed by atoms with E-state index >= 15 is 0 Å². The molecule has 5 heteroatoms. The Kier molecular flexibility index (Phi) is 6.15. The second-order valence-corrected chi connectivity index (χ2v) is 7.66. The molecule has 1 fully saturated rings. The average Bonchev–Trinajstić information content (AvgIpc) is 3.14. The van der Waals surface area contributed by atoms with Crippen molar-refractivity contribution in [2.24, 2.45) is 0 Å². The number of carbonyl (C=O) groups excluding carboxylic acids is 2. The third-order valence-corrected chi connectivity index (χ3v) is 5.68. The molecule has 0 saturated carbocycles. The molecule has 1 saturated heterocycles. The molecule has 1 aromatic carbocycles. The summed E-state index contributed by atoms with van der Waals surface area (Å²) >= 11 is 0. The zero-order valence-electron chi connectivity index (χ0n) is 16.5. The number of benzene rings is 1. The zero-order chi connectivity index (χ0) is 20.1. The van der Waals surface area contributed by atoms with Gasteiger partial charge in [-0.1, -0.05) is 36.4 Å². The minimum Gasteiger partial charge on any atom is -0.370 e. The maximum Gasteiger partial charge on any atom is 0.227 e. The lowest BCUT2D eigenvalue weighted by molar-refractivity contribution is -0.135. The molecule has 0 spiro atoms. The molecule has 4 rings (SSSR count). The summed E-state index contributed by atoms with van der Waals surface area (Å²) < 4.78 is 6.00. The first-order chi connectivity index (χ1) is 14.2. The Bertz CT molecular complexity index is 893. The van der Waals surface area contributed by atoms with Gasteiger partial charge in [0.15, 0.2) is 5.78 Å². The Balaban J connectivity index is 1.39. The van der Waals surface area contributed by atoms with Crippen LogP contribution < -0.4 is 0 Å². The first kappa shape index (κ1) is 19.5. The van der Waals surface area contributed by atoms with Crippen LogP contribution in [0.15, 0.2) is 60.3 Å². The summed E-state index contributed by atoms with van der Waals surface area (Å²) in [5, 5.41) is 0. The Morgan fingerprint density at radius 3 is 2.72 bits per heavy atom. The number of amides is 1. The maximum absolute atomic E-state index is 13.0. The van der Waals surface area contributed by atoms with Crippen LogP contribution in [-0.2, 0) is 20.9 Å². The molecular formula is C24H26N2O3. The second-order valence-electron chi connectivity index (χ2n) is 7.66. The quantitative estimate of drug-likeness (QED) is 0.753. The van der Waals surface area contributed by atoms with Gasteiger partial charge >= 0.3 is 0 Å². The molecule has 5 nitrogen and oxygen atoms in total. The van der Waals surface area contributed by atoms with Gasteiger partial charge in [0.2, 0.25) is 5.91 Å². The molecule has 1 aromatic heterocycles. The third-order valence-electron chi connectivity index (χ3n) is 5.68. The highest BCUT2D eigenvalue weighted by Gasteiger charge is 2.29. The molecule has 1 unspecified atom stereocenters. The van der Waals surface area contributed by atoms with Crippen LogP contribution in [0.25, 0.3) is 5.57 Å². The first-order valence-electron chi connectivity index (χ1n) is 10.3. The Labute approximate surface area is 171 Å². The van der Waals surface area contributed by atoms with Gasteiger partial charge < -0.3 is 9.64 Å². The highest BCUT2D eigenvalue weighted by molar-refractivity contribution is 6.10. The van der Waals surface area contributed by atoms with Crippen molar-refractivity contribution in [3.63, 3.8) is 0 Å². The van der Waals surface area contributed by atoms with Crippen molar-refractivity contribution in [2.45, 2.75) is 44.8 Å². The van der Waals surface area contributed by atoms with E-state index in [9.17, 15) is 9.59 Å². The third kappa shape index (κ3) is 4.80. The van der Waals surface area contributed by atoms with Crippen molar-refractivity contribution in [3.05, 3.63) is 71.6 Å². The topological polar surface area (TPSA) is 59.5 Å². The fourth-order valence-electron chi connectivity index (χ4n) is 4.12. The standard InChI is InChI=1S/C24H26N2O3/c27-23-12-11-21(18-7-2-1-3-8-18)22(23)15-24(28)26-14-6-10-20(16-26)29-17-19-9-4-5-13-25-19/h1-5,7-9,13,20H,6,10-12,14-17H2. The van der Waals surface area contributed by atoms with Crippen LogP contribution in [0.4, 0.5) is 0 Å². The van der Waals surface area contributed by atoms with Gasteiger partial charge in [0, 0.05) is 31.3 Å². The predicted molar refractivity (Wildman–Crippen MR) is 111 cm³/mol. The normalized spacial score (nSPS) is 19.7. The van der Waals surface area contributed by atoms with Gasteiger partial charge in [0.25, 0.3) is 0 Å². The van der Waals surface area contributed by atoms with Gasteiger partial charge in [0.1, 0.15) is 0 Å². The molecule has 0 N–H and O–H groups in total. The largest absolute Gasteiger partial charge is 0.370 e. The number of ketones is 1. The Morgan fingerprint density at radius 2 is 1.93 bits per heavy atom. The van der Waals surface area contributed by atoms with Crippen LogP contribution in [0, 0.1) is 0 Å². The van der Waals surface area contributed by atoms with E-state index in [4.69, 9.17) is 4.74 Å². The summed E-state index contributed by atoms with van der Waals surface area (Å²) in [5.74, 6) is 0.131. The molecule has 2 aliphatic rings. The smallest absolute Gasteiger partial charge is 0.227 e. The van der Waals surface area contributed by atoms with E-state index in [-0.39, 0.29) is 24.2 Å². The molecule has 1 aliphatic carbocycles. The van der Waals surface area contributed by atoms with Gasteiger partial charge in [-0.05, 0) is 42.5 Å². The van der Waals surface area contributed by atoms with E-state index in [2.05, 4.69) is 4.98 Å². The molecule has 2 heterocycles. The lowest BCUT2D eigenvalue weighted by atomic mass is 9.99. The summed E-state index contributed by atoms with van der Waals surface area (Å²) in [6, 6.07) is 15.7. The minimum atomic E-state index is 0.0107. The number of likely N-dealkylation sites (tertiary alicyclic amines) is 1. The highest BCUT2D eigenvalue weighted by Crippen LogP contribution is 2.33. The summed E-state index contributed by atoms with van der Waals surface area (Å²) in [5.41, 5.74) is 3.67. The summed E-state index contributed by atoms with van der Waals surface area (Å²) in [6.45, 7) is 1.76. The van der Waals surface area contributed by atoms with E-state index in [1.54, 1.807) is 6.20 Å². The number of allylic oxidation sites excluding steroid dienone is 1. The molecule has 1 atom stereocenters. The SMILES string of the molecule is O=C1CCC(c2ccccc2)=C1CC(=O)N1CCCC(OCc2ccccn2)C1. The van der Waals surface area contributed by atoms with Gasteiger partial charge in [-0.25, -0.2) is 0 Å². The van der Waals surface area contributed by atoms with Crippen LogP contribution in [-0.4, -0.2) is 40.8 Å². The van der Waals surface area contributed by atoms with E-state index in [1.807, 2.05) is 53.4 Å². The zero-order valence-corrected chi connectivity index (χ0v) is 16.5. The highest BCUT2D eigenvalue weighted by atomic mass is 16.5. The number of aromatic nitrogens is 1. The van der Waals surface area contributed by atoms with Crippen molar-refractivity contribution >= 4 is 17.3 Å². The van der Waals surface area contributed by atoms with Crippen molar-refractivity contribution in [3.8, 4) is 0 Å². The molecule has 2 aromatic rings. The van der Waals surface area contributed by atoms with Crippen molar-refractivity contribution in [1.29, 1.82) is 0 Å². The van der Waals surface area contributed by atoms with E-state index < -0.39 is 0 Å². The monoisotopic (exact) mass is 390 g/mol. The van der Waals surface area contributed by atoms with Gasteiger partial charge in [-0.15, -0.1) is 0 Å². The molecule has 0 bridgehead atoms. The number of hydrogen-bond donors (Lipinski definition) is 0. The fraction of sp³-hybridized carbons (Fsp3) is 0.375. The number of carbonyl (C=O) groups is 2. The molecule has 0 radical (unpaired) electrons. The number of pyridine rings is 1. The van der Waals surface area contributed by atoms with Gasteiger partial charge in [0.05, 0.1) is 24.8 Å². The van der Waals surface area contributed by atoms with Crippen LogP contribution in [0.2, 0.25) is 0 Å². The number of ether oxygens (including phenoxy) is 1. The lowest BCUT2D eigenvalue weighted by Crippen LogP contribution is -2.43. The van der Waals surface area contributed by atoms with Crippen LogP contribution in [0.1, 0.15) is 43.4 Å². The molecule has 1 aliphatic heterocycles.